The molecule has 5 nitrogen and oxygen atoms in total. The molecule has 0 N–H and O–H groups in total. The lowest BCUT2D eigenvalue weighted by atomic mass is 9.91. The molecule has 0 saturated carbocycles. The molecule has 0 radical (unpaired) electrons. The Labute approximate surface area is 114 Å². The Kier molecular flexibility index (Phi) is 3.74. The van der Waals surface area contributed by atoms with Gasteiger partial charge in [0.05, 0.1) is 13.0 Å². The van der Waals surface area contributed by atoms with E-state index in [0.29, 0.717) is 12.8 Å². The number of piperidine rings is 1. The van der Waals surface area contributed by atoms with E-state index >= 15 is 0 Å². The summed E-state index contributed by atoms with van der Waals surface area (Å²) in [4.78, 5) is 25.7. The van der Waals surface area contributed by atoms with E-state index in [1.165, 1.54) is 7.11 Å². The molecule has 2 aliphatic rings. The molecule has 19 heavy (non-hydrogen) atoms. The Morgan fingerprint density at radius 1 is 1.11 bits per heavy atom. The fraction of sp³-hybridized carbons (Fsp3) is 0.857. The molecular formula is C14H23NO4. The van der Waals surface area contributed by atoms with Gasteiger partial charge in [-0.05, 0) is 46.5 Å². The highest BCUT2D eigenvalue weighted by molar-refractivity contribution is 5.74. The van der Waals surface area contributed by atoms with Gasteiger partial charge in [0, 0.05) is 12.1 Å². The molecule has 5 heteroatoms. The Morgan fingerprint density at radius 2 is 1.63 bits per heavy atom. The second-order valence-corrected chi connectivity index (χ2v) is 6.46. The van der Waals surface area contributed by atoms with Crippen LogP contribution in [-0.4, -0.2) is 41.8 Å². The fourth-order valence-corrected chi connectivity index (χ4v) is 3.15. The second kappa shape index (κ2) is 5.02. The van der Waals surface area contributed by atoms with Gasteiger partial charge in [-0.3, -0.25) is 4.79 Å². The van der Waals surface area contributed by atoms with Gasteiger partial charge in [0.2, 0.25) is 0 Å². The normalized spacial score (nSPS) is 30.1. The minimum absolute atomic E-state index is 0.0683. The van der Waals surface area contributed by atoms with Crippen molar-refractivity contribution in [3.8, 4) is 0 Å². The average Bonchev–Trinajstić information content (AvgIpc) is 2.57. The number of rotatable bonds is 1. The van der Waals surface area contributed by atoms with Gasteiger partial charge in [-0.25, -0.2) is 4.79 Å². The number of ether oxygens (including phenoxy) is 2. The van der Waals surface area contributed by atoms with Crippen LogP contribution in [0.5, 0.6) is 0 Å². The smallest absolute Gasteiger partial charge is 0.410 e. The van der Waals surface area contributed by atoms with Gasteiger partial charge in [-0.1, -0.05) is 0 Å². The molecule has 2 bridgehead atoms. The van der Waals surface area contributed by atoms with Crippen LogP contribution in [0, 0.1) is 5.92 Å². The van der Waals surface area contributed by atoms with Crippen LogP contribution in [0.1, 0.15) is 46.5 Å². The van der Waals surface area contributed by atoms with Crippen LogP contribution in [-0.2, 0) is 14.3 Å². The van der Waals surface area contributed by atoms with Crippen LogP contribution < -0.4 is 0 Å². The first kappa shape index (κ1) is 14.2. The van der Waals surface area contributed by atoms with Crippen LogP contribution >= 0.6 is 0 Å². The molecule has 0 aromatic rings. The lowest BCUT2D eigenvalue weighted by Crippen LogP contribution is -2.49. The number of esters is 1. The highest BCUT2D eigenvalue weighted by Crippen LogP contribution is 2.39. The first-order valence-corrected chi connectivity index (χ1v) is 6.91. The highest BCUT2D eigenvalue weighted by Gasteiger charge is 2.46. The van der Waals surface area contributed by atoms with Crippen molar-refractivity contribution < 1.29 is 19.1 Å². The van der Waals surface area contributed by atoms with Crippen LogP contribution in [0.15, 0.2) is 0 Å². The monoisotopic (exact) mass is 269 g/mol. The summed E-state index contributed by atoms with van der Waals surface area (Å²) in [5.74, 6) is -0.220. The first-order valence-electron chi connectivity index (χ1n) is 6.91. The zero-order valence-electron chi connectivity index (χ0n) is 12.1. The third-order valence-corrected chi connectivity index (χ3v) is 3.87. The summed E-state index contributed by atoms with van der Waals surface area (Å²) in [6.45, 7) is 5.61. The summed E-state index contributed by atoms with van der Waals surface area (Å²) in [5.41, 5.74) is -0.476. The molecule has 2 saturated heterocycles. The summed E-state index contributed by atoms with van der Waals surface area (Å²) in [7, 11) is 1.42. The predicted octanol–water partition coefficient (Wildman–Crippen LogP) is 2.34. The molecule has 108 valence electrons. The van der Waals surface area contributed by atoms with E-state index in [1.54, 1.807) is 0 Å². The number of carbonyl (C=O) groups is 2. The summed E-state index contributed by atoms with van der Waals surface area (Å²) in [5, 5.41) is 0. The third-order valence-electron chi connectivity index (χ3n) is 3.87. The van der Waals surface area contributed by atoms with E-state index in [1.807, 2.05) is 25.7 Å². The first-order chi connectivity index (χ1) is 8.81. The number of fused-ring (bicyclic) bond motifs is 2. The minimum atomic E-state index is -0.476. The number of methoxy groups -OCH3 is 1. The quantitative estimate of drug-likeness (QED) is 0.686. The van der Waals surface area contributed by atoms with E-state index in [4.69, 9.17) is 9.47 Å². The van der Waals surface area contributed by atoms with Crippen molar-refractivity contribution in [3.05, 3.63) is 0 Å². The maximum atomic E-state index is 12.2. The Morgan fingerprint density at radius 3 is 2.05 bits per heavy atom. The van der Waals surface area contributed by atoms with E-state index in [9.17, 15) is 9.59 Å². The molecule has 0 aromatic carbocycles. The van der Waals surface area contributed by atoms with Gasteiger partial charge in [-0.15, -0.1) is 0 Å². The Bertz CT molecular complexity index is 360. The van der Waals surface area contributed by atoms with Gasteiger partial charge in [-0.2, -0.15) is 0 Å². The molecule has 2 fully saturated rings. The van der Waals surface area contributed by atoms with Crippen molar-refractivity contribution in [2.75, 3.05) is 7.11 Å². The van der Waals surface area contributed by atoms with E-state index < -0.39 is 5.60 Å². The summed E-state index contributed by atoms with van der Waals surface area (Å²) in [6, 6.07) is 0.246. The standard InChI is InChI=1S/C14H23NO4/c1-14(2,3)19-13(17)15-10-5-6-11(15)8-9(7-10)12(16)18-4/h9-11H,5-8H2,1-4H3. The third kappa shape index (κ3) is 3.01. The Balaban J connectivity index is 2.03. The van der Waals surface area contributed by atoms with E-state index in [-0.39, 0.29) is 30.1 Å². The van der Waals surface area contributed by atoms with Crippen LogP contribution in [0.4, 0.5) is 4.79 Å². The van der Waals surface area contributed by atoms with Crippen molar-refractivity contribution in [2.45, 2.75) is 64.1 Å². The fourth-order valence-electron chi connectivity index (χ4n) is 3.15. The van der Waals surface area contributed by atoms with Gasteiger partial charge in [0.25, 0.3) is 0 Å². The molecule has 0 aliphatic carbocycles. The van der Waals surface area contributed by atoms with Crippen molar-refractivity contribution in [1.29, 1.82) is 0 Å². The maximum absolute atomic E-state index is 12.2. The molecule has 2 heterocycles. The number of carbonyl (C=O) groups excluding carboxylic acids is 2. The van der Waals surface area contributed by atoms with Crippen LogP contribution in [0.2, 0.25) is 0 Å². The van der Waals surface area contributed by atoms with Gasteiger partial charge >= 0.3 is 12.1 Å². The van der Waals surface area contributed by atoms with Crippen LogP contribution in [0.3, 0.4) is 0 Å². The lowest BCUT2D eigenvalue weighted by molar-refractivity contribution is -0.148. The Hall–Kier alpha value is -1.26. The summed E-state index contributed by atoms with van der Waals surface area (Å²) in [6.07, 6.45) is 3.06. The van der Waals surface area contributed by atoms with Gasteiger partial charge < -0.3 is 14.4 Å². The van der Waals surface area contributed by atoms with Crippen molar-refractivity contribution in [1.82, 2.24) is 4.90 Å². The number of hydrogen-bond donors (Lipinski definition) is 0. The summed E-state index contributed by atoms with van der Waals surface area (Å²) < 4.78 is 10.3. The zero-order chi connectivity index (χ0) is 14.2. The number of hydrogen-bond acceptors (Lipinski definition) is 4. The van der Waals surface area contributed by atoms with Crippen molar-refractivity contribution >= 4 is 12.1 Å². The maximum Gasteiger partial charge on any atom is 0.410 e. The summed E-state index contributed by atoms with van der Waals surface area (Å²) >= 11 is 0. The minimum Gasteiger partial charge on any atom is -0.469 e. The van der Waals surface area contributed by atoms with E-state index in [2.05, 4.69) is 0 Å². The largest absolute Gasteiger partial charge is 0.469 e. The van der Waals surface area contributed by atoms with Crippen LogP contribution in [0.25, 0.3) is 0 Å². The topological polar surface area (TPSA) is 55.8 Å². The lowest BCUT2D eigenvalue weighted by Gasteiger charge is -2.38. The highest BCUT2D eigenvalue weighted by atomic mass is 16.6. The molecule has 0 aromatic heterocycles. The van der Waals surface area contributed by atoms with E-state index in [0.717, 1.165) is 12.8 Å². The average molecular weight is 269 g/mol. The predicted molar refractivity (Wildman–Crippen MR) is 69.6 cm³/mol. The van der Waals surface area contributed by atoms with Gasteiger partial charge in [0.15, 0.2) is 0 Å². The molecule has 1 amide bonds. The molecule has 2 unspecified atom stereocenters. The van der Waals surface area contributed by atoms with Crippen molar-refractivity contribution in [2.24, 2.45) is 5.92 Å². The molecule has 2 rings (SSSR count). The molecule has 0 spiro atoms. The molecule has 2 atom stereocenters. The zero-order valence-corrected chi connectivity index (χ0v) is 12.1. The van der Waals surface area contributed by atoms with Gasteiger partial charge in [0.1, 0.15) is 5.60 Å². The molecule has 2 aliphatic heterocycles. The second-order valence-electron chi connectivity index (χ2n) is 6.46. The SMILES string of the molecule is COC(=O)C1CC2CCC(C1)N2C(=O)OC(C)(C)C. The molecular weight excluding hydrogens is 246 g/mol. The number of amides is 1. The number of nitrogens with zero attached hydrogens (tertiary/aromatic N) is 1. The van der Waals surface area contributed by atoms with Crippen molar-refractivity contribution in [3.63, 3.8) is 0 Å².